The first-order valence-corrected chi connectivity index (χ1v) is 9.71. The Labute approximate surface area is 159 Å². The first kappa shape index (κ1) is 17.8. The van der Waals surface area contributed by atoms with Crippen LogP contribution < -0.4 is 0 Å². The molecule has 0 atom stereocenters. The van der Waals surface area contributed by atoms with Gasteiger partial charge < -0.3 is 4.90 Å². The lowest BCUT2D eigenvalue weighted by Gasteiger charge is -2.20. The maximum absolute atomic E-state index is 12.7. The number of thiophene rings is 1. The van der Waals surface area contributed by atoms with Crippen LogP contribution in [-0.4, -0.2) is 27.3 Å². The van der Waals surface area contributed by atoms with E-state index < -0.39 is 0 Å². The van der Waals surface area contributed by atoms with Gasteiger partial charge in [0.1, 0.15) is 5.01 Å². The Morgan fingerprint density at radius 2 is 2.24 bits per heavy atom. The molecule has 1 amide bonds. The molecule has 3 heterocycles. The maximum Gasteiger partial charge on any atom is 0.229 e. The number of aromatic nitrogens is 2. The Hall–Kier alpha value is -2.02. The van der Waals surface area contributed by atoms with Gasteiger partial charge >= 0.3 is 0 Å². The molecule has 25 heavy (non-hydrogen) atoms. The minimum Gasteiger partial charge on any atom is -0.334 e. The molecule has 0 aliphatic heterocycles. The van der Waals surface area contributed by atoms with E-state index in [2.05, 4.69) is 16.5 Å². The fourth-order valence-electron chi connectivity index (χ4n) is 2.31. The smallest absolute Gasteiger partial charge is 0.229 e. The highest BCUT2D eigenvalue weighted by Gasteiger charge is 2.16. The monoisotopic (exact) mass is 389 g/mol. The lowest BCUT2D eigenvalue weighted by Crippen LogP contribution is -2.31. The standard InChI is InChI=1S/C18H16ClN3OS2/c1-2-8-22(11-15-5-6-16(19)25-15)17(23)9-14-12-24-18(21-14)13-4-3-7-20-10-13/h2-7,10,12H,1,8-9,11H2. The summed E-state index contributed by atoms with van der Waals surface area (Å²) in [6.45, 7) is 4.77. The Bertz CT molecular complexity index is 860. The summed E-state index contributed by atoms with van der Waals surface area (Å²) < 4.78 is 0.724. The third kappa shape index (κ3) is 4.75. The summed E-state index contributed by atoms with van der Waals surface area (Å²) in [5.41, 5.74) is 1.73. The van der Waals surface area contributed by atoms with Crippen LogP contribution in [0.1, 0.15) is 10.6 Å². The van der Waals surface area contributed by atoms with Crippen molar-refractivity contribution in [1.29, 1.82) is 0 Å². The Balaban J connectivity index is 1.68. The molecule has 4 nitrogen and oxygen atoms in total. The van der Waals surface area contributed by atoms with E-state index in [1.807, 2.05) is 29.6 Å². The third-order valence-electron chi connectivity index (χ3n) is 3.47. The van der Waals surface area contributed by atoms with Crippen LogP contribution in [0.25, 0.3) is 10.6 Å². The second-order valence-electron chi connectivity index (χ2n) is 5.33. The van der Waals surface area contributed by atoms with Gasteiger partial charge in [0.15, 0.2) is 0 Å². The maximum atomic E-state index is 12.7. The number of hydrogen-bond donors (Lipinski definition) is 0. The molecular formula is C18H16ClN3OS2. The highest BCUT2D eigenvalue weighted by atomic mass is 35.5. The van der Waals surface area contributed by atoms with Gasteiger partial charge in [-0.2, -0.15) is 0 Å². The lowest BCUT2D eigenvalue weighted by molar-refractivity contribution is -0.130. The van der Waals surface area contributed by atoms with Crippen molar-refractivity contribution in [3.05, 3.63) is 69.6 Å². The van der Waals surface area contributed by atoms with Gasteiger partial charge in [0.05, 0.1) is 23.0 Å². The number of carbonyl (C=O) groups excluding carboxylic acids is 1. The molecule has 0 aromatic carbocycles. The Kier molecular flexibility index (Phi) is 5.96. The summed E-state index contributed by atoms with van der Waals surface area (Å²) in [5, 5.41) is 2.80. The number of pyridine rings is 1. The van der Waals surface area contributed by atoms with Crippen molar-refractivity contribution in [3.8, 4) is 10.6 Å². The molecule has 0 N–H and O–H groups in total. The SMILES string of the molecule is C=CCN(Cc1ccc(Cl)s1)C(=O)Cc1csc(-c2cccnc2)n1. The predicted molar refractivity (Wildman–Crippen MR) is 104 cm³/mol. The highest BCUT2D eigenvalue weighted by molar-refractivity contribution is 7.16. The van der Waals surface area contributed by atoms with Crippen molar-refractivity contribution in [1.82, 2.24) is 14.9 Å². The predicted octanol–water partition coefficient (Wildman–Crippen LogP) is 4.68. The van der Waals surface area contributed by atoms with Crippen LogP contribution in [0.3, 0.4) is 0 Å². The van der Waals surface area contributed by atoms with Crippen LogP contribution in [0.5, 0.6) is 0 Å². The molecule has 3 rings (SSSR count). The van der Waals surface area contributed by atoms with Crippen molar-refractivity contribution < 1.29 is 4.79 Å². The van der Waals surface area contributed by atoms with Crippen molar-refractivity contribution in [2.45, 2.75) is 13.0 Å². The zero-order valence-corrected chi connectivity index (χ0v) is 15.8. The van der Waals surface area contributed by atoms with Crippen molar-refractivity contribution in [2.24, 2.45) is 0 Å². The molecule has 0 aliphatic rings. The third-order valence-corrected chi connectivity index (χ3v) is 5.63. The number of hydrogen-bond acceptors (Lipinski definition) is 5. The molecule has 0 radical (unpaired) electrons. The summed E-state index contributed by atoms with van der Waals surface area (Å²) in [5.74, 6) is 0.0208. The number of rotatable bonds is 7. The van der Waals surface area contributed by atoms with Crippen LogP contribution in [0, 0.1) is 0 Å². The number of carbonyl (C=O) groups is 1. The molecule has 128 valence electrons. The molecule has 0 aliphatic carbocycles. The van der Waals surface area contributed by atoms with E-state index in [-0.39, 0.29) is 12.3 Å². The molecule has 3 aromatic heterocycles. The van der Waals surface area contributed by atoms with Crippen molar-refractivity contribution >= 4 is 40.2 Å². The number of thiazole rings is 1. The van der Waals surface area contributed by atoms with Gasteiger partial charge in [-0.25, -0.2) is 4.98 Å². The van der Waals surface area contributed by atoms with E-state index in [0.29, 0.717) is 13.1 Å². The zero-order chi connectivity index (χ0) is 17.6. The fourth-order valence-corrected chi connectivity index (χ4v) is 4.23. The Morgan fingerprint density at radius 3 is 2.92 bits per heavy atom. The second kappa shape index (κ2) is 8.38. The molecule has 0 bridgehead atoms. The Morgan fingerprint density at radius 1 is 1.36 bits per heavy atom. The van der Waals surface area contributed by atoms with Crippen molar-refractivity contribution in [3.63, 3.8) is 0 Å². The topological polar surface area (TPSA) is 46.1 Å². The molecule has 0 unspecified atom stereocenters. The molecule has 0 saturated carbocycles. The van der Waals surface area contributed by atoms with Gasteiger partial charge in [-0.1, -0.05) is 17.7 Å². The quantitative estimate of drug-likeness (QED) is 0.551. The minimum atomic E-state index is 0.0208. The van der Waals surface area contributed by atoms with Gasteiger partial charge in [-0.15, -0.1) is 29.3 Å². The van der Waals surface area contributed by atoms with Gasteiger partial charge in [-0.3, -0.25) is 9.78 Å². The summed E-state index contributed by atoms with van der Waals surface area (Å²) in [6.07, 6.45) is 5.50. The second-order valence-corrected chi connectivity index (χ2v) is 7.99. The van der Waals surface area contributed by atoms with E-state index in [0.717, 1.165) is 25.5 Å². The van der Waals surface area contributed by atoms with Gasteiger partial charge in [0, 0.05) is 34.8 Å². The highest BCUT2D eigenvalue weighted by Crippen LogP contribution is 2.24. The molecule has 0 saturated heterocycles. The molecule has 7 heteroatoms. The van der Waals surface area contributed by atoms with E-state index in [4.69, 9.17) is 11.6 Å². The zero-order valence-electron chi connectivity index (χ0n) is 13.4. The van der Waals surface area contributed by atoms with Crippen LogP contribution in [0.4, 0.5) is 0 Å². The first-order chi connectivity index (χ1) is 12.2. The lowest BCUT2D eigenvalue weighted by atomic mass is 10.2. The van der Waals surface area contributed by atoms with Crippen LogP contribution >= 0.6 is 34.3 Å². The molecular weight excluding hydrogens is 374 g/mol. The van der Waals surface area contributed by atoms with Crippen LogP contribution in [0.15, 0.2) is 54.7 Å². The molecule has 0 spiro atoms. The summed E-state index contributed by atoms with van der Waals surface area (Å²) >= 11 is 8.98. The number of halogens is 1. The summed E-state index contributed by atoms with van der Waals surface area (Å²) in [7, 11) is 0. The van der Waals surface area contributed by atoms with Crippen LogP contribution in [-0.2, 0) is 17.8 Å². The van der Waals surface area contributed by atoms with Gasteiger partial charge in [0.25, 0.3) is 0 Å². The largest absolute Gasteiger partial charge is 0.334 e. The normalized spacial score (nSPS) is 10.6. The molecule has 3 aromatic rings. The van der Waals surface area contributed by atoms with Crippen molar-refractivity contribution in [2.75, 3.05) is 6.54 Å². The van der Waals surface area contributed by atoms with E-state index in [1.165, 1.54) is 22.7 Å². The average Bonchev–Trinajstić information content (AvgIpc) is 3.24. The summed E-state index contributed by atoms with van der Waals surface area (Å²) in [4.78, 5) is 24.1. The number of nitrogens with zero attached hydrogens (tertiary/aromatic N) is 3. The van der Waals surface area contributed by atoms with Gasteiger partial charge in [0.2, 0.25) is 5.91 Å². The average molecular weight is 390 g/mol. The first-order valence-electron chi connectivity index (χ1n) is 7.63. The van der Waals surface area contributed by atoms with E-state index >= 15 is 0 Å². The van der Waals surface area contributed by atoms with Gasteiger partial charge in [-0.05, 0) is 24.3 Å². The minimum absolute atomic E-state index is 0.0208. The fraction of sp³-hybridized carbons (Fsp3) is 0.167. The summed E-state index contributed by atoms with van der Waals surface area (Å²) in [6, 6.07) is 7.62. The number of amides is 1. The van der Waals surface area contributed by atoms with E-state index in [1.54, 1.807) is 23.4 Å². The van der Waals surface area contributed by atoms with Crippen LogP contribution in [0.2, 0.25) is 4.34 Å². The molecule has 0 fully saturated rings. The van der Waals surface area contributed by atoms with E-state index in [9.17, 15) is 4.79 Å².